The van der Waals surface area contributed by atoms with Crippen LogP contribution in [0, 0.1) is 0 Å². The molecule has 1 saturated carbocycles. The summed E-state index contributed by atoms with van der Waals surface area (Å²) in [6.45, 7) is 7.13. The van der Waals surface area contributed by atoms with Gasteiger partial charge in [0.25, 0.3) is 0 Å². The highest BCUT2D eigenvalue weighted by atomic mass is 16.3. The summed E-state index contributed by atoms with van der Waals surface area (Å²) in [6, 6.07) is 0.473. The molecule has 1 rings (SSSR count). The van der Waals surface area contributed by atoms with Crippen LogP contribution in [0.25, 0.3) is 0 Å². The van der Waals surface area contributed by atoms with Gasteiger partial charge in [-0.05, 0) is 33.1 Å². The number of hydrogen-bond donors (Lipinski definition) is 2. The second kappa shape index (κ2) is 5.64. The summed E-state index contributed by atoms with van der Waals surface area (Å²) >= 11 is 0. The van der Waals surface area contributed by atoms with Gasteiger partial charge in [0, 0.05) is 18.1 Å². The Morgan fingerprint density at radius 1 is 1.50 bits per heavy atom. The standard InChI is InChI=1S/C12H24N2O2/c1-4-12(3,9-15)13-8-11(16)14(5-2)10-6-7-10/h10,13,15H,4-9H2,1-3H3. The van der Waals surface area contributed by atoms with Crippen molar-refractivity contribution in [2.24, 2.45) is 0 Å². The first-order valence-corrected chi connectivity index (χ1v) is 6.21. The van der Waals surface area contributed by atoms with Crippen LogP contribution >= 0.6 is 0 Å². The van der Waals surface area contributed by atoms with Gasteiger partial charge in [0.15, 0.2) is 0 Å². The highest BCUT2D eigenvalue weighted by Gasteiger charge is 2.32. The molecular weight excluding hydrogens is 204 g/mol. The molecule has 1 amide bonds. The molecule has 0 bridgehead atoms. The Bertz CT molecular complexity index is 235. The van der Waals surface area contributed by atoms with Crippen LogP contribution in [0.15, 0.2) is 0 Å². The van der Waals surface area contributed by atoms with E-state index in [4.69, 9.17) is 0 Å². The zero-order valence-corrected chi connectivity index (χ0v) is 10.6. The number of hydrogen-bond acceptors (Lipinski definition) is 3. The van der Waals surface area contributed by atoms with E-state index in [1.807, 2.05) is 25.7 Å². The van der Waals surface area contributed by atoms with Crippen molar-refractivity contribution in [2.45, 2.75) is 51.6 Å². The van der Waals surface area contributed by atoms with E-state index in [1.165, 1.54) is 0 Å². The summed E-state index contributed by atoms with van der Waals surface area (Å²) in [6.07, 6.45) is 3.10. The van der Waals surface area contributed by atoms with Gasteiger partial charge in [-0.25, -0.2) is 0 Å². The smallest absolute Gasteiger partial charge is 0.236 e. The van der Waals surface area contributed by atoms with Crippen LogP contribution in [0.5, 0.6) is 0 Å². The Kier molecular flexibility index (Phi) is 4.74. The Labute approximate surface area is 98.0 Å². The Hall–Kier alpha value is -0.610. The molecule has 0 radical (unpaired) electrons. The van der Waals surface area contributed by atoms with Crippen molar-refractivity contribution >= 4 is 5.91 Å². The number of rotatable bonds is 7. The lowest BCUT2D eigenvalue weighted by molar-refractivity contribution is -0.131. The number of carbonyl (C=O) groups is 1. The molecule has 1 fully saturated rings. The first-order valence-electron chi connectivity index (χ1n) is 6.21. The third-order valence-corrected chi connectivity index (χ3v) is 3.44. The first kappa shape index (κ1) is 13.5. The van der Waals surface area contributed by atoms with E-state index >= 15 is 0 Å². The van der Waals surface area contributed by atoms with Crippen LogP contribution in [0.4, 0.5) is 0 Å². The van der Waals surface area contributed by atoms with Gasteiger partial charge in [-0.1, -0.05) is 6.92 Å². The van der Waals surface area contributed by atoms with Gasteiger partial charge in [0.2, 0.25) is 5.91 Å². The van der Waals surface area contributed by atoms with Crippen LogP contribution in [0.1, 0.15) is 40.0 Å². The third kappa shape index (κ3) is 3.46. The van der Waals surface area contributed by atoms with E-state index in [-0.39, 0.29) is 18.1 Å². The largest absolute Gasteiger partial charge is 0.394 e. The van der Waals surface area contributed by atoms with Crippen molar-refractivity contribution in [3.63, 3.8) is 0 Å². The van der Waals surface area contributed by atoms with Crippen molar-refractivity contribution in [1.29, 1.82) is 0 Å². The van der Waals surface area contributed by atoms with Gasteiger partial charge >= 0.3 is 0 Å². The van der Waals surface area contributed by atoms with Gasteiger partial charge in [-0.3, -0.25) is 4.79 Å². The Morgan fingerprint density at radius 3 is 2.50 bits per heavy atom. The first-order chi connectivity index (χ1) is 7.56. The molecule has 1 aliphatic rings. The number of nitrogens with one attached hydrogen (secondary N) is 1. The van der Waals surface area contributed by atoms with Crippen molar-refractivity contribution in [3.8, 4) is 0 Å². The Morgan fingerprint density at radius 2 is 2.12 bits per heavy atom. The molecule has 0 aliphatic heterocycles. The van der Waals surface area contributed by atoms with Crippen LogP contribution < -0.4 is 5.32 Å². The molecule has 1 atom stereocenters. The van der Waals surface area contributed by atoms with E-state index in [9.17, 15) is 9.90 Å². The number of amides is 1. The average molecular weight is 228 g/mol. The molecule has 4 heteroatoms. The van der Waals surface area contributed by atoms with Gasteiger partial charge in [0.1, 0.15) is 0 Å². The maximum atomic E-state index is 11.9. The molecule has 0 heterocycles. The van der Waals surface area contributed by atoms with Crippen LogP contribution in [-0.2, 0) is 4.79 Å². The Balaban J connectivity index is 2.38. The summed E-state index contributed by atoms with van der Waals surface area (Å²) < 4.78 is 0. The molecule has 1 aliphatic carbocycles. The molecule has 94 valence electrons. The summed E-state index contributed by atoms with van der Waals surface area (Å²) in [5, 5.41) is 12.4. The fourth-order valence-corrected chi connectivity index (χ4v) is 1.71. The summed E-state index contributed by atoms with van der Waals surface area (Å²) in [5.41, 5.74) is -0.335. The summed E-state index contributed by atoms with van der Waals surface area (Å²) in [4.78, 5) is 13.8. The number of aliphatic hydroxyl groups is 1. The lowest BCUT2D eigenvalue weighted by Crippen LogP contribution is -2.50. The van der Waals surface area contributed by atoms with Crippen molar-refractivity contribution in [2.75, 3.05) is 19.7 Å². The lowest BCUT2D eigenvalue weighted by Gasteiger charge is -2.29. The minimum atomic E-state index is -0.335. The number of nitrogens with zero attached hydrogens (tertiary/aromatic N) is 1. The molecule has 0 aromatic heterocycles. The van der Waals surface area contributed by atoms with E-state index < -0.39 is 0 Å². The van der Waals surface area contributed by atoms with Crippen LogP contribution in [-0.4, -0.2) is 47.2 Å². The van der Waals surface area contributed by atoms with Crippen LogP contribution in [0.2, 0.25) is 0 Å². The quantitative estimate of drug-likeness (QED) is 0.676. The predicted molar refractivity (Wildman–Crippen MR) is 64.2 cm³/mol. The predicted octanol–water partition coefficient (Wildman–Crippen LogP) is 0.748. The topological polar surface area (TPSA) is 52.6 Å². The van der Waals surface area contributed by atoms with E-state index in [1.54, 1.807) is 0 Å². The second-order valence-corrected chi connectivity index (χ2v) is 4.84. The highest BCUT2D eigenvalue weighted by Crippen LogP contribution is 2.26. The fourth-order valence-electron chi connectivity index (χ4n) is 1.71. The monoisotopic (exact) mass is 228 g/mol. The maximum Gasteiger partial charge on any atom is 0.236 e. The fraction of sp³-hybridized carbons (Fsp3) is 0.917. The molecule has 1 unspecified atom stereocenters. The molecule has 16 heavy (non-hydrogen) atoms. The minimum Gasteiger partial charge on any atom is -0.394 e. The minimum absolute atomic E-state index is 0.0618. The lowest BCUT2D eigenvalue weighted by atomic mass is 10.0. The van der Waals surface area contributed by atoms with Crippen molar-refractivity contribution < 1.29 is 9.90 Å². The zero-order valence-electron chi connectivity index (χ0n) is 10.6. The molecule has 0 saturated heterocycles. The second-order valence-electron chi connectivity index (χ2n) is 4.84. The average Bonchev–Trinajstić information content (AvgIpc) is 3.11. The molecule has 0 spiro atoms. The number of aliphatic hydroxyl groups excluding tert-OH is 1. The normalized spacial score (nSPS) is 19.2. The molecular formula is C12H24N2O2. The maximum absolute atomic E-state index is 11.9. The zero-order chi connectivity index (χ0) is 12.2. The summed E-state index contributed by atoms with van der Waals surface area (Å²) in [5.74, 6) is 0.151. The van der Waals surface area contributed by atoms with Gasteiger partial charge < -0.3 is 15.3 Å². The highest BCUT2D eigenvalue weighted by molar-refractivity contribution is 5.79. The summed E-state index contributed by atoms with van der Waals surface area (Å²) in [7, 11) is 0. The molecule has 2 N–H and O–H groups in total. The van der Waals surface area contributed by atoms with E-state index in [0.29, 0.717) is 12.6 Å². The number of likely N-dealkylation sites (N-methyl/N-ethyl adjacent to an activating group) is 1. The van der Waals surface area contributed by atoms with Crippen LogP contribution in [0.3, 0.4) is 0 Å². The van der Waals surface area contributed by atoms with Gasteiger partial charge in [-0.2, -0.15) is 0 Å². The van der Waals surface area contributed by atoms with E-state index in [0.717, 1.165) is 25.8 Å². The third-order valence-electron chi connectivity index (χ3n) is 3.44. The van der Waals surface area contributed by atoms with Crippen molar-refractivity contribution in [1.82, 2.24) is 10.2 Å². The van der Waals surface area contributed by atoms with Gasteiger partial charge in [0.05, 0.1) is 13.2 Å². The van der Waals surface area contributed by atoms with Gasteiger partial charge in [-0.15, -0.1) is 0 Å². The molecule has 4 nitrogen and oxygen atoms in total. The SMILES string of the molecule is CCN(C(=O)CNC(C)(CC)CO)C1CC1. The number of carbonyl (C=O) groups excluding carboxylic acids is 1. The molecule has 0 aromatic carbocycles. The van der Waals surface area contributed by atoms with Crippen molar-refractivity contribution in [3.05, 3.63) is 0 Å². The van der Waals surface area contributed by atoms with E-state index in [2.05, 4.69) is 5.32 Å². The molecule has 0 aromatic rings.